The molecule has 0 saturated heterocycles. The van der Waals surface area contributed by atoms with Crippen molar-refractivity contribution < 1.29 is 14.3 Å². The van der Waals surface area contributed by atoms with E-state index in [1.807, 2.05) is 17.0 Å². The molecule has 1 aliphatic rings. The van der Waals surface area contributed by atoms with Gasteiger partial charge >= 0.3 is 0 Å². The van der Waals surface area contributed by atoms with Crippen molar-refractivity contribution in [3.05, 3.63) is 38.8 Å². The van der Waals surface area contributed by atoms with Gasteiger partial charge in [-0.1, -0.05) is 31.4 Å². The third-order valence-electron chi connectivity index (χ3n) is 4.10. The van der Waals surface area contributed by atoms with Gasteiger partial charge in [0, 0.05) is 30.5 Å². The van der Waals surface area contributed by atoms with Gasteiger partial charge in [-0.2, -0.15) is 0 Å². The maximum absolute atomic E-state index is 12.6. The van der Waals surface area contributed by atoms with E-state index in [9.17, 15) is 9.59 Å². The molecule has 27 heavy (non-hydrogen) atoms. The van der Waals surface area contributed by atoms with Crippen LogP contribution in [0.25, 0.3) is 0 Å². The molecule has 0 saturated carbocycles. The van der Waals surface area contributed by atoms with Crippen LogP contribution in [0.4, 0.5) is 5.69 Å². The van der Waals surface area contributed by atoms with E-state index < -0.39 is 8.07 Å². The van der Waals surface area contributed by atoms with Gasteiger partial charge in [-0.3, -0.25) is 4.79 Å². The molecular formula is C18H21BrN2O3S2Si. The molecule has 9 heteroatoms. The highest BCUT2D eigenvalue weighted by atomic mass is 79.9. The fraction of sp³-hybridized carbons (Fsp3) is 0.389. The molecular weight excluding hydrogens is 464 g/mol. The van der Waals surface area contributed by atoms with Crippen LogP contribution in [0.2, 0.25) is 25.7 Å². The molecule has 1 aliphatic heterocycles. The number of fused-ring (bicyclic) bond motifs is 1. The van der Waals surface area contributed by atoms with Crippen molar-refractivity contribution in [2.24, 2.45) is 0 Å². The number of benzene rings is 1. The summed E-state index contributed by atoms with van der Waals surface area (Å²) >= 11 is 6.03. The summed E-state index contributed by atoms with van der Waals surface area (Å²) in [6.45, 7) is 8.01. The Balaban J connectivity index is 1.73. The summed E-state index contributed by atoms with van der Waals surface area (Å²) in [4.78, 5) is 31.2. The molecule has 1 aromatic carbocycles. The van der Waals surface area contributed by atoms with E-state index in [0.29, 0.717) is 28.5 Å². The maximum Gasteiger partial charge on any atom is 0.221 e. The zero-order valence-electron chi connectivity index (χ0n) is 15.4. The first kappa shape index (κ1) is 20.7. The fourth-order valence-electron chi connectivity index (χ4n) is 2.59. The van der Waals surface area contributed by atoms with Crippen LogP contribution in [0.5, 0.6) is 0 Å². The minimum absolute atomic E-state index is 0.110. The van der Waals surface area contributed by atoms with Crippen molar-refractivity contribution in [2.45, 2.75) is 36.0 Å². The Morgan fingerprint density at radius 2 is 2.19 bits per heavy atom. The Labute approximate surface area is 176 Å². The molecule has 0 spiro atoms. The monoisotopic (exact) mass is 484 g/mol. The number of rotatable bonds is 8. The lowest BCUT2D eigenvalue weighted by molar-refractivity contribution is -0.107. The minimum atomic E-state index is -1.15. The summed E-state index contributed by atoms with van der Waals surface area (Å²) in [6.07, 6.45) is 0.923. The highest BCUT2D eigenvalue weighted by molar-refractivity contribution is 9.10. The van der Waals surface area contributed by atoms with Gasteiger partial charge in [-0.25, -0.2) is 4.98 Å². The molecule has 3 rings (SSSR count). The van der Waals surface area contributed by atoms with Gasteiger partial charge < -0.3 is 14.4 Å². The number of aldehydes is 1. The van der Waals surface area contributed by atoms with Gasteiger partial charge in [0.05, 0.1) is 5.69 Å². The Morgan fingerprint density at radius 3 is 2.81 bits per heavy atom. The van der Waals surface area contributed by atoms with Gasteiger partial charge in [0.2, 0.25) is 5.78 Å². The number of ether oxygens (including phenoxy) is 1. The molecule has 2 aromatic rings. The second kappa shape index (κ2) is 8.56. The average Bonchev–Trinajstić information content (AvgIpc) is 3.20. The van der Waals surface area contributed by atoms with Crippen molar-refractivity contribution in [2.75, 3.05) is 18.2 Å². The standard InChI is InChI=1S/C18H21BrN2O3S2Si/c1-27(2,3)7-6-24-11-21-13-5-4-12(8-14(13)26-16(21)9-22)17(23)18-20-15(19)10-25-18/h4-5,8-10,16H,6-7,11H2,1-3H3. The van der Waals surface area contributed by atoms with Gasteiger partial charge in [0.15, 0.2) is 11.3 Å². The summed E-state index contributed by atoms with van der Waals surface area (Å²) in [5.74, 6) is -0.110. The number of aromatic nitrogens is 1. The molecule has 144 valence electrons. The largest absolute Gasteiger partial charge is 0.361 e. The predicted octanol–water partition coefficient (Wildman–Crippen LogP) is 4.89. The van der Waals surface area contributed by atoms with Crippen molar-refractivity contribution in [3.63, 3.8) is 0 Å². The molecule has 0 bridgehead atoms. The third-order valence-corrected chi connectivity index (χ3v) is 8.54. The van der Waals surface area contributed by atoms with Crippen LogP contribution in [-0.2, 0) is 9.53 Å². The zero-order chi connectivity index (χ0) is 19.6. The van der Waals surface area contributed by atoms with Gasteiger partial charge in [0.25, 0.3) is 0 Å². The second-order valence-electron chi connectivity index (χ2n) is 7.45. The SMILES string of the molecule is C[Si](C)(C)CCOCN1c2ccc(C(=O)c3nc(Br)cs3)cc2SC1C=O. The molecule has 0 aliphatic carbocycles. The molecule has 0 radical (unpaired) electrons. The molecule has 1 atom stereocenters. The molecule has 0 amide bonds. The van der Waals surface area contributed by atoms with Crippen LogP contribution in [0.1, 0.15) is 15.4 Å². The topological polar surface area (TPSA) is 59.5 Å². The smallest absolute Gasteiger partial charge is 0.221 e. The second-order valence-corrected chi connectivity index (χ2v) is 15.9. The number of carbonyl (C=O) groups excluding carboxylic acids is 2. The first-order valence-electron chi connectivity index (χ1n) is 8.54. The van der Waals surface area contributed by atoms with Crippen LogP contribution < -0.4 is 4.90 Å². The Kier molecular flexibility index (Phi) is 6.57. The molecule has 1 aromatic heterocycles. The average molecular weight is 486 g/mol. The van der Waals surface area contributed by atoms with E-state index in [2.05, 4.69) is 40.6 Å². The predicted molar refractivity (Wildman–Crippen MR) is 117 cm³/mol. The van der Waals surface area contributed by atoms with E-state index in [1.165, 1.54) is 23.1 Å². The van der Waals surface area contributed by atoms with E-state index in [0.717, 1.165) is 22.9 Å². The highest BCUT2D eigenvalue weighted by Gasteiger charge is 2.31. The number of hydrogen-bond acceptors (Lipinski definition) is 7. The Bertz CT molecular complexity index is 853. The van der Waals surface area contributed by atoms with Crippen LogP contribution in [0.15, 0.2) is 33.1 Å². The summed E-state index contributed by atoms with van der Waals surface area (Å²) < 4.78 is 6.50. The van der Waals surface area contributed by atoms with Crippen molar-refractivity contribution in [3.8, 4) is 0 Å². The van der Waals surface area contributed by atoms with Crippen molar-refractivity contribution >= 4 is 64.9 Å². The lowest BCUT2D eigenvalue weighted by Gasteiger charge is -2.24. The Morgan fingerprint density at radius 1 is 1.41 bits per heavy atom. The molecule has 1 unspecified atom stereocenters. The quantitative estimate of drug-likeness (QED) is 0.230. The molecule has 0 N–H and O–H groups in total. The fourth-order valence-corrected chi connectivity index (χ4v) is 5.67. The lowest BCUT2D eigenvalue weighted by atomic mass is 10.1. The van der Waals surface area contributed by atoms with E-state index in [4.69, 9.17) is 4.74 Å². The Hall–Kier alpha value is -1.00. The number of thioether (sulfide) groups is 1. The van der Waals surface area contributed by atoms with Gasteiger partial charge in [0.1, 0.15) is 16.7 Å². The number of anilines is 1. The highest BCUT2D eigenvalue weighted by Crippen LogP contribution is 2.43. The van der Waals surface area contributed by atoms with E-state index in [1.54, 1.807) is 11.4 Å². The molecule has 2 heterocycles. The molecule has 5 nitrogen and oxygen atoms in total. The normalized spacial score (nSPS) is 16.4. The lowest BCUT2D eigenvalue weighted by Crippen LogP contribution is -2.33. The van der Waals surface area contributed by atoms with Crippen LogP contribution in [0.3, 0.4) is 0 Å². The number of nitrogens with zero attached hydrogens (tertiary/aromatic N) is 2. The van der Waals surface area contributed by atoms with E-state index in [-0.39, 0.29) is 11.2 Å². The number of halogens is 1. The number of hydrogen-bond donors (Lipinski definition) is 0. The summed E-state index contributed by atoms with van der Waals surface area (Å²) in [5, 5.41) is 1.91. The first-order chi connectivity index (χ1) is 12.8. The zero-order valence-corrected chi connectivity index (χ0v) is 19.6. The van der Waals surface area contributed by atoms with Crippen LogP contribution >= 0.6 is 39.0 Å². The van der Waals surface area contributed by atoms with Crippen LogP contribution in [0, 0.1) is 0 Å². The van der Waals surface area contributed by atoms with Crippen LogP contribution in [-0.4, -0.2) is 43.8 Å². The third kappa shape index (κ3) is 5.08. The van der Waals surface area contributed by atoms with Gasteiger partial charge in [-0.15, -0.1) is 11.3 Å². The van der Waals surface area contributed by atoms with Gasteiger partial charge in [-0.05, 0) is 40.2 Å². The summed E-state index contributed by atoms with van der Waals surface area (Å²) in [6, 6.07) is 6.61. The first-order valence-corrected chi connectivity index (χ1v) is 14.8. The maximum atomic E-state index is 12.6. The van der Waals surface area contributed by atoms with E-state index >= 15 is 0 Å². The number of ketones is 1. The summed E-state index contributed by atoms with van der Waals surface area (Å²) in [7, 11) is -1.15. The number of carbonyl (C=O) groups is 2. The minimum Gasteiger partial charge on any atom is -0.361 e. The summed E-state index contributed by atoms with van der Waals surface area (Å²) in [5.41, 5.74) is 1.51. The van der Waals surface area contributed by atoms with Crippen molar-refractivity contribution in [1.29, 1.82) is 0 Å². The molecule has 0 fully saturated rings. The van der Waals surface area contributed by atoms with Crippen molar-refractivity contribution in [1.82, 2.24) is 4.98 Å². The number of thiazole rings is 1.